The van der Waals surface area contributed by atoms with Gasteiger partial charge < -0.3 is 5.32 Å². The van der Waals surface area contributed by atoms with Gasteiger partial charge in [0.15, 0.2) is 0 Å². The zero-order valence-electron chi connectivity index (χ0n) is 9.74. The minimum absolute atomic E-state index is 0.379. The Balaban J connectivity index is 1.99. The molecule has 3 heteroatoms. The molecule has 1 heterocycles. The molecule has 1 aromatic carbocycles. The topological polar surface area (TPSA) is 12.0 Å². The number of rotatable bonds is 3. The van der Waals surface area contributed by atoms with E-state index in [2.05, 4.69) is 37.0 Å². The zero-order chi connectivity index (χ0) is 11.5. The second-order valence-corrected chi connectivity index (χ2v) is 6.34. The number of hydrogen-bond acceptors (Lipinski definition) is 2. The van der Waals surface area contributed by atoms with Crippen LogP contribution in [0.3, 0.4) is 0 Å². The molecule has 1 saturated heterocycles. The molecular formula is C13H18ClNS. The lowest BCUT2D eigenvalue weighted by atomic mass is 10.1. The smallest absolute Gasteiger partial charge is 0.0409 e. The Morgan fingerprint density at radius 2 is 2.31 bits per heavy atom. The van der Waals surface area contributed by atoms with Crippen molar-refractivity contribution in [3.8, 4) is 0 Å². The Bertz CT molecular complexity index is 356. The molecule has 16 heavy (non-hydrogen) atoms. The van der Waals surface area contributed by atoms with Crippen LogP contribution in [-0.4, -0.2) is 17.0 Å². The molecule has 3 atom stereocenters. The van der Waals surface area contributed by atoms with Crippen molar-refractivity contribution in [1.82, 2.24) is 5.32 Å². The minimum atomic E-state index is 0.379. The van der Waals surface area contributed by atoms with Crippen molar-refractivity contribution in [1.29, 1.82) is 0 Å². The first kappa shape index (κ1) is 12.3. The maximum absolute atomic E-state index is 6.00. The van der Waals surface area contributed by atoms with Crippen molar-refractivity contribution in [2.45, 2.75) is 37.6 Å². The summed E-state index contributed by atoms with van der Waals surface area (Å²) in [6, 6.07) is 9.14. The van der Waals surface area contributed by atoms with Gasteiger partial charge in [-0.25, -0.2) is 0 Å². The molecule has 0 radical (unpaired) electrons. The van der Waals surface area contributed by atoms with Crippen LogP contribution < -0.4 is 5.32 Å². The van der Waals surface area contributed by atoms with Gasteiger partial charge in [-0.05, 0) is 36.8 Å². The lowest BCUT2D eigenvalue weighted by Gasteiger charge is -2.22. The van der Waals surface area contributed by atoms with Gasteiger partial charge in [-0.1, -0.05) is 30.7 Å². The molecule has 0 spiro atoms. The van der Waals surface area contributed by atoms with Crippen molar-refractivity contribution < 1.29 is 0 Å². The fourth-order valence-electron chi connectivity index (χ4n) is 2.14. The fourth-order valence-corrected chi connectivity index (χ4v) is 3.55. The fraction of sp³-hybridized carbons (Fsp3) is 0.538. The minimum Gasteiger partial charge on any atom is -0.306 e. The Morgan fingerprint density at radius 1 is 1.50 bits per heavy atom. The molecule has 0 amide bonds. The molecule has 2 unspecified atom stereocenters. The molecule has 1 aliphatic heterocycles. The highest BCUT2D eigenvalue weighted by molar-refractivity contribution is 8.00. The van der Waals surface area contributed by atoms with Crippen LogP contribution in [0.5, 0.6) is 0 Å². The van der Waals surface area contributed by atoms with Gasteiger partial charge in [0, 0.05) is 22.4 Å². The van der Waals surface area contributed by atoms with E-state index in [0.717, 1.165) is 10.3 Å². The third-order valence-corrected chi connectivity index (χ3v) is 4.75. The number of hydrogen-bond donors (Lipinski definition) is 1. The van der Waals surface area contributed by atoms with Crippen molar-refractivity contribution in [3.63, 3.8) is 0 Å². The summed E-state index contributed by atoms with van der Waals surface area (Å²) in [7, 11) is 0. The molecule has 0 aromatic heterocycles. The molecule has 1 nitrogen and oxygen atoms in total. The molecule has 1 fully saturated rings. The average molecular weight is 256 g/mol. The third-order valence-electron chi connectivity index (χ3n) is 3.19. The monoisotopic (exact) mass is 255 g/mol. The van der Waals surface area contributed by atoms with Gasteiger partial charge in [-0.15, -0.1) is 0 Å². The lowest BCUT2D eigenvalue weighted by molar-refractivity contribution is 0.454. The summed E-state index contributed by atoms with van der Waals surface area (Å²) in [5, 5.41) is 5.24. The second kappa shape index (κ2) is 5.44. The SMILES string of the molecule is CC1SCCC1N[C@@H](C)c1cccc(Cl)c1. The normalized spacial score (nSPS) is 26.9. The molecule has 1 N–H and O–H groups in total. The molecule has 0 bridgehead atoms. The Labute approximate surface area is 107 Å². The van der Waals surface area contributed by atoms with Crippen LogP contribution in [-0.2, 0) is 0 Å². The first-order valence-electron chi connectivity index (χ1n) is 5.80. The van der Waals surface area contributed by atoms with Gasteiger partial charge in [0.25, 0.3) is 0 Å². The van der Waals surface area contributed by atoms with Crippen molar-refractivity contribution >= 4 is 23.4 Å². The first-order valence-corrected chi connectivity index (χ1v) is 7.22. The average Bonchev–Trinajstić information content (AvgIpc) is 2.64. The van der Waals surface area contributed by atoms with Crippen molar-refractivity contribution in [2.75, 3.05) is 5.75 Å². The van der Waals surface area contributed by atoms with Gasteiger partial charge in [-0.2, -0.15) is 11.8 Å². The van der Waals surface area contributed by atoms with E-state index in [0.29, 0.717) is 12.1 Å². The van der Waals surface area contributed by atoms with Crippen LogP contribution in [0.4, 0.5) is 0 Å². The molecule has 0 aliphatic carbocycles. The summed E-state index contributed by atoms with van der Waals surface area (Å²) >= 11 is 8.06. The molecule has 2 rings (SSSR count). The summed E-state index contributed by atoms with van der Waals surface area (Å²) in [4.78, 5) is 0. The molecular weight excluding hydrogens is 238 g/mol. The van der Waals surface area contributed by atoms with Gasteiger partial charge in [-0.3, -0.25) is 0 Å². The Morgan fingerprint density at radius 3 is 2.94 bits per heavy atom. The zero-order valence-corrected chi connectivity index (χ0v) is 11.3. The van der Waals surface area contributed by atoms with E-state index in [-0.39, 0.29) is 0 Å². The van der Waals surface area contributed by atoms with Gasteiger partial charge >= 0.3 is 0 Å². The van der Waals surface area contributed by atoms with E-state index in [1.54, 1.807) is 0 Å². The number of benzene rings is 1. The quantitative estimate of drug-likeness (QED) is 0.880. The maximum atomic E-state index is 6.00. The summed E-state index contributed by atoms with van der Waals surface area (Å²) in [5.41, 5.74) is 1.27. The van der Waals surface area contributed by atoms with E-state index < -0.39 is 0 Å². The van der Waals surface area contributed by atoms with Gasteiger partial charge in [0.2, 0.25) is 0 Å². The lowest BCUT2D eigenvalue weighted by Crippen LogP contribution is -2.35. The van der Waals surface area contributed by atoms with Crippen molar-refractivity contribution in [3.05, 3.63) is 34.9 Å². The molecule has 1 aromatic rings. The van der Waals surface area contributed by atoms with Crippen LogP contribution in [0.2, 0.25) is 5.02 Å². The largest absolute Gasteiger partial charge is 0.306 e. The highest BCUT2D eigenvalue weighted by Crippen LogP contribution is 2.28. The summed E-state index contributed by atoms with van der Waals surface area (Å²) < 4.78 is 0. The number of thioether (sulfide) groups is 1. The van der Waals surface area contributed by atoms with Crippen LogP contribution in [0.25, 0.3) is 0 Å². The predicted octanol–water partition coefficient (Wildman–Crippen LogP) is 3.88. The Kier molecular flexibility index (Phi) is 4.17. The number of halogens is 1. The highest BCUT2D eigenvalue weighted by Gasteiger charge is 2.25. The highest BCUT2D eigenvalue weighted by atomic mass is 35.5. The van der Waals surface area contributed by atoms with Crippen molar-refractivity contribution in [2.24, 2.45) is 0 Å². The number of nitrogens with one attached hydrogen (secondary N) is 1. The predicted molar refractivity (Wildman–Crippen MR) is 73.3 cm³/mol. The summed E-state index contributed by atoms with van der Waals surface area (Å²) in [6.07, 6.45) is 1.27. The summed E-state index contributed by atoms with van der Waals surface area (Å²) in [6.45, 7) is 4.52. The molecule has 1 aliphatic rings. The maximum Gasteiger partial charge on any atom is 0.0409 e. The van der Waals surface area contributed by atoms with Crippen LogP contribution in [0.1, 0.15) is 31.9 Å². The summed E-state index contributed by atoms with van der Waals surface area (Å²) in [5.74, 6) is 1.28. The Hall–Kier alpha value is -0.180. The van der Waals surface area contributed by atoms with Gasteiger partial charge in [0.05, 0.1) is 0 Å². The van der Waals surface area contributed by atoms with Gasteiger partial charge in [0.1, 0.15) is 0 Å². The molecule has 88 valence electrons. The van der Waals surface area contributed by atoms with Crippen LogP contribution >= 0.6 is 23.4 Å². The van der Waals surface area contributed by atoms with E-state index in [9.17, 15) is 0 Å². The molecule has 0 saturated carbocycles. The van der Waals surface area contributed by atoms with Crippen LogP contribution in [0, 0.1) is 0 Å². The standard InChI is InChI=1S/C13H18ClNS/c1-9(11-4-3-5-12(14)8-11)15-13-6-7-16-10(13)2/h3-5,8-10,13,15H,6-7H2,1-2H3/t9-,10?,13?/m0/s1. The first-order chi connectivity index (χ1) is 7.66. The third kappa shape index (κ3) is 2.93. The van der Waals surface area contributed by atoms with E-state index in [4.69, 9.17) is 11.6 Å². The van der Waals surface area contributed by atoms with Crippen LogP contribution in [0.15, 0.2) is 24.3 Å². The second-order valence-electron chi connectivity index (χ2n) is 4.41. The van der Waals surface area contributed by atoms with E-state index in [1.807, 2.05) is 18.2 Å². The van der Waals surface area contributed by atoms with E-state index >= 15 is 0 Å². The van der Waals surface area contributed by atoms with E-state index in [1.165, 1.54) is 17.7 Å².